The number of anilines is 1. The minimum Gasteiger partial charge on any atom is -0.351 e. The number of aliphatic imine (C=N–C) groups is 1. The lowest BCUT2D eigenvalue weighted by atomic mass is 10.0. The lowest BCUT2D eigenvalue weighted by Gasteiger charge is -2.27. The van der Waals surface area contributed by atoms with Crippen molar-refractivity contribution in [2.45, 2.75) is 45.1 Å². The van der Waals surface area contributed by atoms with Crippen molar-refractivity contribution in [3.8, 4) is 11.3 Å². The first-order chi connectivity index (χ1) is 15.3. The molecule has 0 atom stereocenters. The number of amides is 1. The largest absolute Gasteiger partial charge is 0.351 e. The lowest BCUT2D eigenvalue weighted by molar-refractivity contribution is 0.100. The number of carbonyl (C=O) groups is 1. The topological polar surface area (TPSA) is 82.2 Å². The fourth-order valence-electron chi connectivity index (χ4n) is 3.91. The highest BCUT2D eigenvalue weighted by atomic mass is 19.2. The molecule has 0 bridgehead atoms. The summed E-state index contributed by atoms with van der Waals surface area (Å²) in [5.41, 5.74) is 2.57. The van der Waals surface area contributed by atoms with Crippen molar-refractivity contribution in [3.63, 3.8) is 0 Å². The van der Waals surface area contributed by atoms with Crippen LogP contribution < -0.4 is 10.6 Å². The minimum atomic E-state index is -1.09. The molecule has 0 saturated heterocycles. The van der Waals surface area contributed by atoms with Gasteiger partial charge in [0.25, 0.3) is 5.91 Å². The maximum atomic E-state index is 13.6. The number of guanidine groups is 1. The molecule has 1 aliphatic carbocycles. The number of benzene rings is 2. The highest BCUT2D eigenvalue weighted by Crippen LogP contribution is 2.29. The Hall–Kier alpha value is -3.55. The zero-order valence-electron chi connectivity index (χ0n) is 18.0. The van der Waals surface area contributed by atoms with E-state index in [1.165, 1.54) is 6.07 Å². The Labute approximate surface area is 185 Å². The van der Waals surface area contributed by atoms with Crippen molar-refractivity contribution in [2.24, 2.45) is 4.99 Å². The quantitative estimate of drug-likeness (QED) is 0.387. The fourth-order valence-corrected chi connectivity index (χ4v) is 3.91. The van der Waals surface area contributed by atoms with E-state index in [9.17, 15) is 13.6 Å². The second kappa shape index (κ2) is 8.90. The van der Waals surface area contributed by atoms with Gasteiger partial charge in [-0.3, -0.25) is 9.89 Å². The summed E-state index contributed by atoms with van der Waals surface area (Å²) in [7, 11) is 0. The molecular weight excluding hydrogens is 412 g/mol. The molecular formula is C24H25F2N5O. The number of aromatic nitrogens is 2. The first-order valence-electron chi connectivity index (χ1n) is 10.6. The number of H-pyrrole nitrogens is 1. The molecule has 32 heavy (non-hydrogen) atoms. The Bertz CT molecular complexity index is 1160. The van der Waals surface area contributed by atoms with Crippen LogP contribution in [0.2, 0.25) is 0 Å². The van der Waals surface area contributed by atoms with Gasteiger partial charge in [-0.15, -0.1) is 0 Å². The molecule has 0 unspecified atom stereocenters. The number of halogens is 2. The Morgan fingerprint density at radius 1 is 1.09 bits per heavy atom. The molecule has 0 aliphatic heterocycles. The van der Waals surface area contributed by atoms with Crippen LogP contribution in [0.15, 0.2) is 53.5 Å². The highest BCUT2D eigenvalue weighted by Gasteiger charge is 2.30. The first-order valence-corrected chi connectivity index (χ1v) is 10.6. The van der Waals surface area contributed by atoms with Crippen LogP contribution in [-0.4, -0.2) is 27.6 Å². The third-order valence-corrected chi connectivity index (χ3v) is 5.65. The minimum absolute atomic E-state index is 0.0355. The monoisotopic (exact) mass is 437 g/mol. The number of aromatic amines is 1. The van der Waals surface area contributed by atoms with Gasteiger partial charge in [-0.25, -0.2) is 8.78 Å². The smallest absolute Gasteiger partial charge is 0.280 e. The van der Waals surface area contributed by atoms with Crippen molar-refractivity contribution in [1.29, 1.82) is 0 Å². The summed E-state index contributed by atoms with van der Waals surface area (Å²) >= 11 is 0. The summed E-state index contributed by atoms with van der Waals surface area (Å²) in [6.45, 7) is 4.08. The molecule has 0 spiro atoms. The predicted molar refractivity (Wildman–Crippen MR) is 121 cm³/mol. The molecule has 3 aromatic rings. The van der Waals surface area contributed by atoms with Crippen LogP contribution in [0.3, 0.4) is 0 Å². The van der Waals surface area contributed by atoms with E-state index in [0.29, 0.717) is 5.82 Å². The first kappa shape index (κ1) is 21.7. The molecule has 6 nitrogen and oxygen atoms in total. The van der Waals surface area contributed by atoms with Gasteiger partial charge in [-0.2, -0.15) is 10.1 Å². The zero-order chi connectivity index (χ0) is 22.7. The average Bonchev–Trinajstić information content (AvgIpc) is 3.39. The van der Waals surface area contributed by atoms with Gasteiger partial charge in [0.15, 0.2) is 11.6 Å². The maximum Gasteiger partial charge on any atom is 0.280 e. The summed E-state index contributed by atoms with van der Waals surface area (Å²) in [4.78, 5) is 16.8. The van der Waals surface area contributed by atoms with E-state index < -0.39 is 17.5 Å². The number of hydrogen-bond acceptors (Lipinski definition) is 2. The van der Waals surface area contributed by atoms with Crippen LogP contribution in [-0.2, 0) is 0 Å². The van der Waals surface area contributed by atoms with Crippen molar-refractivity contribution >= 4 is 17.7 Å². The van der Waals surface area contributed by atoms with Crippen molar-refractivity contribution in [1.82, 2.24) is 15.5 Å². The van der Waals surface area contributed by atoms with Crippen LogP contribution >= 0.6 is 0 Å². The van der Waals surface area contributed by atoms with Crippen LogP contribution in [0, 0.1) is 18.6 Å². The standard InChI is InChI=1S/C24H25F2N5O/c1-15-6-5-7-16(12-15)20-14-21(31-30-20)27-23(29-24(2)10-3-4-11-24)28-22(32)17-8-9-18(25)19(26)13-17/h5-9,12-14H,3-4,10-11H2,1-2H3,(H3,27,28,29,30,31,32). The number of hydrogen-bond donors (Lipinski definition) is 3. The third-order valence-electron chi connectivity index (χ3n) is 5.65. The van der Waals surface area contributed by atoms with E-state index in [1.54, 1.807) is 0 Å². The maximum absolute atomic E-state index is 13.6. The Kier molecular flexibility index (Phi) is 6.03. The van der Waals surface area contributed by atoms with E-state index in [1.807, 2.05) is 37.3 Å². The van der Waals surface area contributed by atoms with E-state index in [0.717, 1.165) is 54.6 Å². The molecule has 1 amide bonds. The number of aryl methyl sites for hydroxylation is 1. The van der Waals surface area contributed by atoms with Gasteiger partial charge in [-0.05, 0) is 51.0 Å². The van der Waals surface area contributed by atoms with Crippen LogP contribution in [0.5, 0.6) is 0 Å². The Morgan fingerprint density at radius 2 is 1.88 bits per heavy atom. The molecule has 8 heteroatoms. The summed E-state index contributed by atoms with van der Waals surface area (Å²) in [6.07, 6.45) is 4.03. The normalized spacial score (nSPS) is 15.6. The van der Waals surface area contributed by atoms with Gasteiger partial charge in [0.2, 0.25) is 5.96 Å². The molecule has 166 valence electrons. The molecule has 1 aromatic heterocycles. The summed E-state index contributed by atoms with van der Waals surface area (Å²) in [5, 5.41) is 13.7. The molecule has 1 fully saturated rings. The number of rotatable bonds is 4. The molecule has 4 rings (SSSR count). The van der Waals surface area contributed by atoms with Crippen molar-refractivity contribution in [3.05, 3.63) is 71.3 Å². The molecule has 2 aromatic carbocycles. The predicted octanol–water partition coefficient (Wildman–Crippen LogP) is 5.19. The summed E-state index contributed by atoms with van der Waals surface area (Å²) in [5.74, 6) is -2.01. The van der Waals surface area contributed by atoms with Crippen molar-refractivity contribution in [2.75, 3.05) is 5.32 Å². The Morgan fingerprint density at radius 3 is 2.59 bits per heavy atom. The molecule has 1 heterocycles. The SMILES string of the molecule is Cc1cccc(-c2cc(N/C(=N\C(=O)c3ccc(F)c(F)c3)NC3(C)CCCC3)[nH]n2)c1. The number of nitrogens with one attached hydrogen (secondary N) is 3. The van der Waals surface area contributed by atoms with Gasteiger partial charge in [0, 0.05) is 22.7 Å². The molecule has 0 radical (unpaired) electrons. The van der Waals surface area contributed by atoms with Gasteiger partial charge >= 0.3 is 0 Å². The lowest BCUT2D eigenvalue weighted by Crippen LogP contribution is -2.47. The summed E-state index contributed by atoms with van der Waals surface area (Å²) in [6, 6.07) is 12.8. The number of nitrogens with zero attached hydrogens (tertiary/aromatic N) is 2. The van der Waals surface area contributed by atoms with Crippen LogP contribution in [0.4, 0.5) is 14.6 Å². The van der Waals surface area contributed by atoms with Gasteiger partial charge < -0.3 is 10.6 Å². The van der Waals surface area contributed by atoms with Crippen molar-refractivity contribution < 1.29 is 13.6 Å². The molecule has 1 aliphatic rings. The van der Waals surface area contributed by atoms with Gasteiger partial charge in [-0.1, -0.05) is 36.6 Å². The zero-order valence-corrected chi connectivity index (χ0v) is 18.0. The van der Waals surface area contributed by atoms with E-state index in [2.05, 4.69) is 32.7 Å². The van der Waals surface area contributed by atoms with Crippen LogP contribution in [0.1, 0.15) is 48.5 Å². The fraction of sp³-hybridized carbons (Fsp3) is 0.292. The number of carbonyl (C=O) groups excluding carboxylic acids is 1. The van der Waals surface area contributed by atoms with E-state index >= 15 is 0 Å². The molecule has 1 saturated carbocycles. The second-order valence-corrected chi connectivity index (χ2v) is 8.45. The Balaban J connectivity index is 1.60. The highest BCUT2D eigenvalue weighted by molar-refractivity contribution is 6.06. The van der Waals surface area contributed by atoms with E-state index in [-0.39, 0.29) is 17.1 Å². The third kappa shape index (κ3) is 5.01. The van der Waals surface area contributed by atoms with E-state index in [4.69, 9.17) is 0 Å². The average molecular weight is 437 g/mol. The second-order valence-electron chi connectivity index (χ2n) is 8.45. The summed E-state index contributed by atoms with van der Waals surface area (Å²) < 4.78 is 26.8. The van der Waals surface area contributed by atoms with Crippen LogP contribution in [0.25, 0.3) is 11.3 Å². The molecule has 3 N–H and O–H groups in total. The van der Waals surface area contributed by atoms with Gasteiger partial charge in [0.05, 0.1) is 5.69 Å². The van der Waals surface area contributed by atoms with Gasteiger partial charge in [0.1, 0.15) is 5.82 Å².